The third-order valence-electron chi connectivity index (χ3n) is 1.64. The van der Waals surface area contributed by atoms with Crippen molar-refractivity contribution in [1.82, 2.24) is 20.2 Å². The van der Waals surface area contributed by atoms with Crippen molar-refractivity contribution < 1.29 is 0 Å². The fourth-order valence-corrected chi connectivity index (χ4v) is 1.58. The number of rotatable bonds is 3. The lowest BCUT2D eigenvalue weighted by Crippen LogP contribution is -2.10. The average molecular weight is 220 g/mol. The molecule has 76 valence electrons. The Morgan fingerprint density at radius 3 is 2.80 bits per heavy atom. The number of aromatic nitrogens is 4. The van der Waals surface area contributed by atoms with Gasteiger partial charge in [-0.15, -0.1) is 0 Å². The lowest BCUT2D eigenvalue weighted by molar-refractivity contribution is 0.967. The van der Waals surface area contributed by atoms with E-state index in [1.807, 2.05) is 0 Å². The van der Waals surface area contributed by atoms with E-state index < -0.39 is 0 Å². The van der Waals surface area contributed by atoms with Crippen molar-refractivity contribution in [1.29, 1.82) is 5.41 Å². The third-order valence-corrected chi connectivity index (χ3v) is 2.48. The van der Waals surface area contributed by atoms with Crippen LogP contribution in [0.2, 0.25) is 0 Å². The molecule has 0 fully saturated rings. The first kappa shape index (κ1) is 9.66. The van der Waals surface area contributed by atoms with Crippen LogP contribution < -0.4 is 5.73 Å². The molecule has 0 spiro atoms. The molecule has 0 unspecified atom stereocenters. The normalized spacial score (nSPS) is 10.1. The summed E-state index contributed by atoms with van der Waals surface area (Å²) in [4.78, 5) is 8.09. The molecule has 2 aromatic heterocycles. The maximum atomic E-state index is 7.20. The van der Waals surface area contributed by atoms with Crippen LogP contribution in [0.4, 0.5) is 0 Å². The van der Waals surface area contributed by atoms with E-state index in [9.17, 15) is 0 Å². The number of amidine groups is 1. The number of aromatic amines is 1. The van der Waals surface area contributed by atoms with E-state index in [2.05, 4.69) is 20.2 Å². The molecule has 6 nitrogen and oxygen atoms in total. The van der Waals surface area contributed by atoms with Gasteiger partial charge in [-0.2, -0.15) is 5.10 Å². The number of nitrogens with one attached hydrogen (secondary N) is 2. The van der Waals surface area contributed by atoms with E-state index in [1.165, 1.54) is 18.1 Å². The summed E-state index contributed by atoms with van der Waals surface area (Å²) in [6, 6.07) is 3.53. The smallest absolute Gasteiger partial charge is 0.189 e. The molecule has 7 heteroatoms. The quantitative estimate of drug-likeness (QED) is 0.520. The number of hydrogen-bond donors (Lipinski definition) is 3. The minimum Gasteiger partial charge on any atom is -0.384 e. The Balaban J connectivity index is 2.14. The van der Waals surface area contributed by atoms with Crippen LogP contribution in [0.1, 0.15) is 5.56 Å². The van der Waals surface area contributed by atoms with Crippen molar-refractivity contribution in [2.75, 3.05) is 0 Å². The van der Waals surface area contributed by atoms with Gasteiger partial charge in [0.15, 0.2) is 5.16 Å². The van der Waals surface area contributed by atoms with Crippen LogP contribution in [-0.2, 0) is 0 Å². The third kappa shape index (κ3) is 2.32. The molecule has 0 aliphatic heterocycles. The molecule has 15 heavy (non-hydrogen) atoms. The molecule has 0 amide bonds. The van der Waals surface area contributed by atoms with E-state index in [-0.39, 0.29) is 5.84 Å². The lowest BCUT2D eigenvalue weighted by atomic mass is 10.3. The highest BCUT2D eigenvalue weighted by molar-refractivity contribution is 7.99. The zero-order valence-electron chi connectivity index (χ0n) is 7.64. The summed E-state index contributed by atoms with van der Waals surface area (Å²) in [6.07, 6.45) is 2.99. The van der Waals surface area contributed by atoms with Crippen molar-refractivity contribution in [2.45, 2.75) is 10.2 Å². The summed E-state index contributed by atoms with van der Waals surface area (Å²) < 4.78 is 0. The molecule has 0 saturated carbocycles. The summed E-state index contributed by atoms with van der Waals surface area (Å²) in [5, 5.41) is 15.1. The highest BCUT2D eigenvalue weighted by Crippen LogP contribution is 2.21. The van der Waals surface area contributed by atoms with Gasteiger partial charge in [-0.25, -0.2) is 9.97 Å². The zero-order chi connectivity index (χ0) is 10.7. The maximum absolute atomic E-state index is 7.20. The molecular weight excluding hydrogens is 212 g/mol. The monoisotopic (exact) mass is 220 g/mol. The first-order valence-corrected chi connectivity index (χ1v) is 4.91. The first-order chi connectivity index (χ1) is 7.25. The molecule has 0 aromatic carbocycles. The topological polar surface area (TPSA) is 104 Å². The number of nitrogens with zero attached hydrogens (tertiary/aromatic N) is 3. The number of pyridine rings is 1. The van der Waals surface area contributed by atoms with Crippen molar-refractivity contribution in [2.24, 2.45) is 5.73 Å². The summed E-state index contributed by atoms with van der Waals surface area (Å²) in [5.74, 6) is 0.0127. The van der Waals surface area contributed by atoms with Gasteiger partial charge in [0.25, 0.3) is 0 Å². The fourth-order valence-electron chi connectivity index (χ4n) is 0.942. The largest absolute Gasteiger partial charge is 0.384 e. The van der Waals surface area contributed by atoms with Crippen LogP contribution in [0.3, 0.4) is 0 Å². The van der Waals surface area contributed by atoms with Gasteiger partial charge >= 0.3 is 0 Å². The van der Waals surface area contributed by atoms with Crippen LogP contribution in [-0.4, -0.2) is 26.0 Å². The Morgan fingerprint density at radius 2 is 2.27 bits per heavy atom. The summed E-state index contributed by atoms with van der Waals surface area (Å²) in [7, 11) is 0. The van der Waals surface area contributed by atoms with Crippen molar-refractivity contribution >= 4 is 17.6 Å². The maximum Gasteiger partial charge on any atom is 0.189 e. The second-order valence-electron chi connectivity index (χ2n) is 2.69. The van der Waals surface area contributed by atoms with Crippen LogP contribution in [0, 0.1) is 5.41 Å². The minimum atomic E-state index is 0.0127. The summed E-state index contributed by atoms with van der Waals surface area (Å²) in [5.41, 5.74) is 5.92. The number of nitrogens with two attached hydrogens (primary N) is 1. The van der Waals surface area contributed by atoms with Gasteiger partial charge in [-0.1, -0.05) is 0 Å². The highest BCUT2D eigenvalue weighted by Gasteiger charge is 2.02. The molecule has 0 saturated heterocycles. The van der Waals surface area contributed by atoms with Crippen LogP contribution in [0.25, 0.3) is 0 Å². The molecule has 2 heterocycles. The Kier molecular flexibility index (Phi) is 2.64. The minimum absolute atomic E-state index is 0.0127. The van der Waals surface area contributed by atoms with E-state index in [0.717, 1.165) is 5.03 Å². The summed E-state index contributed by atoms with van der Waals surface area (Å²) in [6.45, 7) is 0. The van der Waals surface area contributed by atoms with E-state index in [1.54, 1.807) is 18.3 Å². The predicted octanol–water partition coefficient (Wildman–Crippen LogP) is 0.635. The number of nitrogen functional groups attached to an aromatic ring is 1. The van der Waals surface area contributed by atoms with Gasteiger partial charge < -0.3 is 5.73 Å². The molecule has 0 radical (unpaired) electrons. The van der Waals surface area contributed by atoms with Crippen molar-refractivity contribution in [3.05, 3.63) is 30.2 Å². The van der Waals surface area contributed by atoms with Gasteiger partial charge in [0.2, 0.25) is 0 Å². The molecule has 0 aliphatic carbocycles. The second-order valence-corrected chi connectivity index (χ2v) is 3.70. The standard InChI is InChI=1S/C8H8N6S/c9-7(10)5-1-2-6(11-3-5)15-8-12-4-13-14-8/h1-4H,(H3,9,10)(H,12,13,14). The number of hydrogen-bond acceptors (Lipinski definition) is 5. The van der Waals surface area contributed by atoms with Crippen LogP contribution in [0.15, 0.2) is 34.8 Å². The zero-order valence-corrected chi connectivity index (χ0v) is 8.45. The van der Waals surface area contributed by atoms with Gasteiger partial charge in [-0.3, -0.25) is 10.5 Å². The fraction of sp³-hybridized carbons (Fsp3) is 0. The van der Waals surface area contributed by atoms with Crippen molar-refractivity contribution in [3.8, 4) is 0 Å². The van der Waals surface area contributed by atoms with Crippen LogP contribution >= 0.6 is 11.8 Å². The van der Waals surface area contributed by atoms with Crippen molar-refractivity contribution in [3.63, 3.8) is 0 Å². The predicted molar refractivity (Wildman–Crippen MR) is 55.8 cm³/mol. The van der Waals surface area contributed by atoms with E-state index in [4.69, 9.17) is 11.1 Å². The molecule has 0 aliphatic rings. The van der Waals surface area contributed by atoms with Crippen LogP contribution in [0.5, 0.6) is 0 Å². The Bertz CT molecular complexity index is 448. The Hall–Kier alpha value is -1.89. The lowest BCUT2D eigenvalue weighted by Gasteiger charge is -1.99. The molecule has 2 aromatic rings. The first-order valence-electron chi connectivity index (χ1n) is 4.09. The molecular formula is C8H8N6S. The van der Waals surface area contributed by atoms with Gasteiger partial charge in [0, 0.05) is 11.8 Å². The van der Waals surface area contributed by atoms with Gasteiger partial charge in [0.1, 0.15) is 17.2 Å². The van der Waals surface area contributed by atoms with Gasteiger partial charge in [0.05, 0.1) is 0 Å². The second kappa shape index (κ2) is 4.09. The average Bonchev–Trinajstić information content (AvgIpc) is 2.71. The van der Waals surface area contributed by atoms with Gasteiger partial charge in [-0.05, 0) is 23.9 Å². The van der Waals surface area contributed by atoms with E-state index in [0.29, 0.717) is 10.7 Å². The molecule has 0 atom stereocenters. The Labute approximate surface area is 89.8 Å². The molecule has 0 bridgehead atoms. The molecule has 2 rings (SSSR count). The Morgan fingerprint density at radius 1 is 1.40 bits per heavy atom. The number of H-pyrrole nitrogens is 1. The SMILES string of the molecule is N=C(N)c1ccc(Sc2ncn[nH]2)nc1. The highest BCUT2D eigenvalue weighted by atomic mass is 32.2. The molecule has 4 N–H and O–H groups in total. The van der Waals surface area contributed by atoms with E-state index >= 15 is 0 Å². The summed E-state index contributed by atoms with van der Waals surface area (Å²) >= 11 is 1.36.